The van der Waals surface area contributed by atoms with Crippen molar-refractivity contribution in [3.63, 3.8) is 0 Å². The molecule has 0 heterocycles. The van der Waals surface area contributed by atoms with E-state index >= 15 is 0 Å². The summed E-state index contributed by atoms with van der Waals surface area (Å²) in [6.45, 7) is 2.69. The van der Waals surface area contributed by atoms with Gasteiger partial charge in [-0.05, 0) is 77.3 Å². The number of rotatable bonds is 4. The minimum absolute atomic E-state index is 0.651. The number of benzene rings is 2. The van der Waals surface area contributed by atoms with Gasteiger partial charge in [0.15, 0.2) is 0 Å². The SMILES string of the molecule is Cc1cc(Oc2ccc(CCN)cc2Br)ccc1Br. The molecule has 0 amide bonds. The summed E-state index contributed by atoms with van der Waals surface area (Å²) in [4.78, 5) is 0. The lowest BCUT2D eigenvalue weighted by molar-refractivity contribution is 0.479. The van der Waals surface area contributed by atoms with Crippen molar-refractivity contribution in [2.24, 2.45) is 5.73 Å². The monoisotopic (exact) mass is 383 g/mol. The first-order valence-corrected chi connectivity index (χ1v) is 7.61. The highest BCUT2D eigenvalue weighted by Crippen LogP contribution is 2.32. The lowest BCUT2D eigenvalue weighted by Gasteiger charge is -2.10. The molecule has 0 bridgehead atoms. The van der Waals surface area contributed by atoms with E-state index in [2.05, 4.69) is 31.9 Å². The quantitative estimate of drug-likeness (QED) is 0.820. The molecule has 0 aliphatic heterocycles. The molecule has 2 aromatic rings. The molecule has 0 saturated carbocycles. The lowest BCUT2D eigenvalue weighted by Crippen LogP contribution is -2.02. The van der Waals surface area contributed by atoms with Gasteiger partial charge >= 0.3 is 0 Å². The maximum Gasteiger partial charge on any atom is 0.141 e. The van der Waals surface area contributed by atoms with Crippen molar-refractivity contribution in [3.05, 3.63) is 56.5 Å². The van der Waals surface area contributed by atoms with E-state index in [9.17, 15) is 0 Å². The molecule has 19 heavy (non-hydrogen) atoms. The van der Waals surface area contributed by atoms with Crippen molar-refractivity contribution < 1.29 is 4.74 Å². The van der Waals surface area contributed by atoms with E-state index in [-0.39, 0.29) is 0 Å². The molecular formula is C15H15Br2NO. The first kappa shape index (κ1) is 14.6. The molecule has 100 valence electrons. The Morgan fingerprint density at radius 2 is 1.84 bits per heavy atom. The molecule has 0 saturated heterocycles. The Morgan fingerprint density at radius 3 is 2.47 bits per heavy atom. The number of hydrogen-bond donors (Lipinski definition) is 1. The molecule has 0 fully saturated rings. The van der Waals surface area contributed by atoms with Gasteiger partial charge < -0.3 is 10.5 Å². The van der Waals surface area contributed by atoms with Crippen molar-refractivity contribution >= 4 is 31.9 Å². The van der Waals surface area contributed by atoms with E-state index in [0.29, 0.717) is 6.54 Å². The smallest absolute Gasteiger partial charge is 0.141 e. The fraction of sp³-hybridized carbons (Fsp3) is 0.200. The van der Waals surface area contributed by atoms with Gasteiger partial charge in [0.1, 0.15) is 11.5 Å². The minimum Gasteiger partial charge on any atom is -0.456 e. The highest BCUT2D eigenvalue weighted by atomic mass is 79.9. The van der Waals surface area contributed by atoms with Crippen LogP contribution >= 0.6 is 31.9 Å². The van der Waals surface area contributed by atoms with Crippen molar-refractivity contribution in [2.45, 2.75) is 13.3 Å². The van der Waals surface area contributed by atoms with Crippen LogP contribution in [0, 0.1) is 6.92 Å². The molecule has 0 aromatic heterocycles. The van der Waals surface area contributed by atoms with Crippen LogP contribution in [0.25, 0.3) is 0 Å². The molecule has 0 aliphatic carbocycles. The zero-order valence-electron chi connectivity index (χ0n) is 10.6. The van der Waals surface area contributed by atoms with Crippen LogP contribution in [0.1, 0.15) is 11.1 Å². The Kier molecular flexibility index (Phi) is 5.02. The minimum atomic E-state index is 0.651. The fourth-order valence-electron chi connectivity index (χ4n) is 1.76. The third-order valence-electron chi connectivity index (χ3n) is 2.79. The maximum atomic E-state index is 5.88. The summed E-state index contributed by atoms with van der Waals surface area (Å²) in [6, 6.07) is 12.0. The summed E-state index contributed by atoms with van der Waals surface area (Å²) in [5, 5.41) is 0. The first-order valence-electron chi connectivity index (χ1n) is 6.02. The molecule has 0 radical (unpaired) electrons. The van der Waals surface area contributed by atoms with Crippen LogP contribution in [0.4, 0.5) is 0 Å². The van der Waals surface area contributed by atoms with Gasteiger partial charge in [0, 0.05) is 4.47 Å². The normalized spacial score (nSPS) is 10.5. The molecule has 0 aliphatic rings. The topological polar surface area (TPSA) is 35.2 Å². The predicted octanol–water partition coefficient (Wildman–Crippen LogP) is 4.81. The van der Waals surface area contributed by atoms with Crippen LogP contribution < -0.4 is 10.5 Å². The molecule has 2 rings (SSSR count). The van der Waals surface area contributed by atoms with Gasteiger partial charge in [0.05, 0.1) is 4.47 Å². The van der Waals surface area contributed by atoms with Crippen molar-refractivity contribution in [3.8, 4) is 11.5 Å². The third-order valence-corrected chi connectivity index (χ3v) is 4.30. The van der Waals surface area contributed by atoms with Crippen LogP contribution in [-0.4, -0.2) is 6.54 Å². The largest absolute Gasteiger partial charge is 0.456 e. The summed E-state index contributed by atoms with van der Waals surface area (Å²) in [5.74, 6) is 1.63. The van der Waals surface area contributed by atoms with Gasteiger partial charge in [0.25, 0.3) is 0 Å². The molecule has 4 heteroatoms. The van der Waals surface area contributed by atoms with Gasteiger partial charge in [-0.15, -0.1) is 0 Å². The summed E-state index contributed by atoms with van der Waals surface area (Å²) >= 11 is 7.01. The Balaban J connectivity index is 2.20. The highest BCUT2D eigenvalue weighted by molar-refractivity contribution is 9.10. The zero-order valence-corrected chi connectivity index (χ0v) is 13.8. The second-order valence-electron chi connectivity index (χ2n) is 4.32. The molecule has 0 spiro atoms. The van der Waals surface area contributed by atoms with Crippen molar-refractivity contribution in [1.82, 2.24) is 0 Å². The van der Waals surface area contributed by atoms with Crippen LogP contribution in [0.2, 0.25) is 0 Å². The maximum absolute atomic E-state index is 5.88. The molecule has 2 nitrogen and oxygen atoms in total. The van der Waals surface area contributed by atoms with Crippen LogP contribution in [0.15, 0.2) is 45.3 Å². The van der Waals surface area contributed by atoms with E-state index in [4.69, 9.17) is 10.5 Å². The molecular weight excluding hydrogens is 370 g/mol. The molecule has 2 aromatic carbocycles. The Labute approximate surface area is 130 Å². The number of halogens is 2. The van der Waals surface area contributed by atoms with Gasteiger partial charge in [-0.3, -0.25) is 0 Å². The predicted molar refractivity (Wildman–Crippen MR) is 85.9 cm³/mol. The number of ether oxygens (including phenoxy) is 1. The van der Waals surface area contributed by atoms with Gasteiger partial charge in [0.2, 0.25) is 0 Å². The van der Waals surface area contributed by atoms with Crippen LogP contribution in [-0.2, 0) is 6.42 Å². The van der Waals surface area contributed by atoms with Gasteiger partial charge in [-0.2, -0.15) is 0 Å². The Bertz CT molecular complexity index is 584. The number of nitrogens with two attached hydrogens (primary N) is 1. The van der Waals surface area contributed by atoms with E-state index in [1.54, 1.807) is 0 Å². The fourth-order valence-corrected chi connectivity index (χ4v) is 2.51. The van der Waals surface area contributed by atoms with E-state index < -0.39 is 0 Å². The molecule has 0 atom stereocenters. The third kappa shape index (κ3) is 3.81. The summed E-state index contributed by atoms with van der Waals surface area (Å²) in [7, 11) is 0. The first-order chi connectivity index (χ1) is 9.10. The Morgan fingerprint density at radius 1 is 1.05 bits per heavy atom. The molecule has 0 unspecified atom stereocenters. The Hall–Kier alpha value is -0.840. The van der Waals surface area contributed by atoms with Crippen molar-refractivity contribution in [1.29, 1.82) is 0 Å². The van der Waals surface area contributed by atoms with Gasteiger partial charge in [-0.1, -0.05) is 22.0 Å². The average Bonchev–Trinajstić information content (AvgIpc) is 2.37. The highest BCUT2D eigenvalue weighted by Gasteiger charge is 2.05. The van der Waals surface area contributed by atoms with E-state index in [1.807, 2.05) is 43.3 Å². The van der Waals surface area contributed by atoms with E-state index in [0.717, 1.165) is 32.4 Å². The number of hydrogen-bond acceptors (Lipinski definition) is 2. The second-order valence-corrected chi connectivity index (χ2v) is 6.03. The van der Waals surface area contributed by atoms with Crippen LogP contribution in [0.5, 0.6) is 11.5 Å². The van der Waals surface area contributed by atoms with Crippen LogP contribution in [0.3, 0.4) is 0 Å². The molecule has 2 N–H and O–H groups in total. The zero-order chi connectivity index (χ0) is 13.8. The average molecular weight is 385 g/mol. The van der Waals surface area contributed by atoms with E-state index in [1.165, 1.54) is 5.56 Å². The lowest BCUT2D eigenvalue weighted by atomic mass is 10.1. The summed E-state index contributed by atoms with van der Waals surface area (Å²) in [5.41, 5.74) is 7.90. The summed E-state index contributed by atoms with van der Waals surface area (Å²) < 4.78 is 7.90. The van der Waals surface area contributed by atoms with Gasteiger partial charge in [-0.25, -0.2) is 0 Å². The van der Waals surface area contributed by atoms with Crippen molar-refractivity contribution in [2.75, 3.05) is 6.54 Å². The second kappa shape index (κ2) is 6.55. The standard InChI is InChI=1S/C15H15Br2NO/c1-10-8-12(3-4-13(10)16)19-15-5-2-11(6-7-18)9-14(15)17/h2-5,8-9H,6-7,18H2,1H3. The summed E-state index contributed by atoms with van der Waals surface area (Å²) in [6.07, 6.45) is 0.871. The number of aryl methyl sites for hydroxylation is 1.